The average molecular weight is 338 g/mol. The molecule has 0 saturated carbocycles. The summed E-state index contributed by atoms with van der Waals surface area (Å²) in [7, 11) is 0. The van der Waals surface area contributed by atoms with Gasteiger partial charge in [0.1, 0.15) is 0 Å². The van der Waals surface area contributed by atoms with Crippen LogP contribution >= 0.6 is 15.9 Å². The summed E-state index contributed by atoms with van der Waals surface area (Å²) in [5, 5.41) is 12.7. The van der Waals surface area contributed by atoms with Crippen LogP contribution in [0.2, 0.25) is 0 Å². The van der Waals surface area contributed by atoms with Crippen molar-refractivity contribution in [2.24, 2.45) is 0 Å². The smallest absolute Gasteiger partial charge is 0.287 e. The van der Waals surface area contributed by atoms with E-state index in [2.05, 4.69) is 21.2 Å². The molecule has 0 spiro atoms. The third-order valence-corrected chi connectivity index (χ3v) is 3.37. The standard InChI is InChI=1S/C15H16BrNO3/c1-10-9-13(16)20-14(10)15(19)17-8-7-12(18)11-5-3-2-4-6-11/h2-6,9,12,18H,7-8H2,1H3,(H,17,19). The number of carbonyl (C=O) groups is 1. The van der Waals surface area contributed by atoms with E-state index in [1.54, 1.807) is 6.07 Å². The molecule has 0 aliphatic carbocycles. The minimum absolute atomic E-state index is 0.270. The SMILES string of the molecule is Cc1cc(Br)oc1C(=O)NCCC(O)c1ccccc1. The number of aliphatic hydroxyl groups is 1. The minimum Gasteiger partial charge on any atom is -0.444 e. The van der Waals surface area contributed by atoms with Crippen molar-refractivity contribution in [2.75, 3.05) is 6.54 Å². The Morgan fingerprint density at radius 3 is 2.70 bits per heavy atom. The van der Waals surface area contributed by atoms with Crippen molar-refractivity contribution in [3.05, 3.63) is 58.0 Å². The van der Waals surface area contributed by atoms with Crippen molar-refractivity contribution in [3.8, 4) is 0 Å². The lowest BCUT2D eigenvalue weighted by atomic mass is 10.1. The first-order valence-electron chi connectivity index (χ1n) is 6.35. The summed E-state index contributed by atoms with van der Waals surface area (Å²) < 4.78 is 5.79. The van der Waals surface area contributed by atoms with Gasteiger partial charge in [-0.15, -0.1) is 0 Å². The maximum Gasteiger partial charge on any atom is 0.287 e. The normalized spacial score (nSPS) is 12.2. The van der Waals surface area contributed by atoms with Crippen molar-refractivity contribution >= 4 is 21.8 Å². The van der Waals surface area contributed by atoms with E-state index in [-0.39, 0.29) is 5.91 Å². The number of rotatable bonds is 5. The Balaban J connectivity index is 1.84. The molecule has 1 unspecified atom stereocenters. The summed E-state index contributed by atoms with van der Waals surface area (Å²) >= 11 is 3.19. The van der Waals surface area contributed by atoms with Gasteiger partial charge in [-0.25, -0.2) is 0 Å². The van der Waals surface area contributed by atoms with Crippen LogP contribution in [0, 0.1) is 6.92 Å². The lowest BCUT2D eigenvalue weighted by molar-refractivity contribution is 0.0913. The quantitative estimate of drug-likeness (QED) is 0.880. The van der Waals surface area contributed by atoms with Gasteiger partial charge in [-0.1, -0.05) is 30.3 Å². The molecular weight excluding hydrogens is 322 g/mol. The van der Waals surface area contributed by atoms with Gasteiger partial charge in [0.05, 0.1) is 6.10 Å². The second-order valence-corrected chi connectivity index (χ2v) is 5.32. The number of aliphatic hydroxyl groups excluding tert-OH is 1. The Morgan fingerprint density at radius 2 is 2.10 bits per heavy atom. The Morgan fingerprint density at radius 1 is 1.40 bits per heavy atom. The predicted octanol–water partition coefficient (Wildman–Crippen LogP) is 3.20. The Labute approximate surface area is 125 Å². The molecule has 5 heteroatoms. The number of hydrogen-bond donors (Lipinski definition) is 2. The van der Waals surface area contributed by atoms with Crippen LogP contribution in [-0.4, -0.2) is 17.6 Å². The summed E-state index contributed by atoms with van der Waals surface area (Å²) in [5.74, 6) is 0.0273. The van der Waals surface area contributed by atoms with Gasteiger partial charge in [-0.05, 0) is 40.9 Å². The molecule has 0 radical (unpaired) electrons. The molecule has 0 fully saturated rings. The number of nitrogens with one attached hydrogen (secondary N) is 1. The number of aryl methyl sites for hydroxylation is 1. The molecular formula is C15H16BrNO3. The third kappa shape index (κ3) is 3.71. The highest BCUT2D eigenvalue weighted by Crippen LogP contribution is 2.19. The molecule has 1 aromatic carbocycles. The molecule has 1 amide bonds. The van der Waals surface area contributed by atoms with Crippen LogP contribution in [0.5, 0.6) is 0 Å². The summed E-state index contributed by atoms with van der Waals surface area (Å²) in [6.45, 7) is 2.19. The largest absolute Gasteiger partial charge is 0.444 e. The molecule has 0 bridgehead atoms. The van der Waals surface area contributed by atoms with Crippen LogP contribution in [-0.2, 0) is 0 Å². The van der Waals surface area contributed by atoms with Gasteiger partial charge in [0.15, 0.2) is 10.4 Å². The molecule has 0 aliphatic rings. The molecule has 2 N–H and O–H groups in total. The summed E-state index contributed by atoms with van der Waals surface area (Å²) in [6.07, 6.45) is -0.127. The van der Waals surface area contributed by atoms with Crippen molar-refractivity contribution in [1.29, 1.82) is 0 Å². The molecule has 0 aliphatic heterocycles. The lowest BCUT2D eigenvalue weighted by Gasteiger charge is -2.11. The van der Waals surface area contributed by atoms with Gasteiger partial charge < -0.3 is 14.8 Å². The highest BCUT2D eigenvalue weighted by Gasteiger charge is 2.15. The fourth-order valence-corrected chi connectivity index (χ4v) is 2.42. The summed E-state index contributed by atoms with van der Waals surface area (Å²) in [6, 6.07) is 11.1. The third-order valence-electron chi connectivity index (χ3n) is 2.98. The van der Waals surface area contributed by atoms with E-state index in [0.717, 1.165) is 11.1 Å². The zero-order valence-corrected chi connectivity index (χ0v) is 12.7. The van der Waals surface area contributed by atoms with E-state index in [1.807, 2.05) is 37.3 Å². The van der Waals surface area contributed by atoms with Gasteiger partial charge in [-0.2, -0.15) is 0 Å². The number of benzene rings is 1. The predicted molar refractivity (Wildman–Crippen MR) is 79.5 cm³/mol. The second-order valence-electron chi connectivity index (χ2n) is 4.53. The number of carbonyl (C=O) groups excluding carboxylic acids is 1. The van der Waals surface area contributed by atoms with Crippen molar-refractivity contribution in [1.82, 2.24) is 5.32 Å². The summed E-state index contributed by atoms with van der Waals surface area (Å²) in [5.41, 5.74) is 1.62. The molecule has 1 aromatic heterocycles. The Kier molecular flexibility index (Phi) is 4.98. The zero-order chi connectivity index (χ0) is 14.5. The van der Waals surface area contributed by atoms with Gasteiger partial charge >= 0.3 is 0 Å². The van der Waals surface area contributed by atoms with Crippen LogP contribution in [0.15, 0.2) is 45.5 Å². The number of hydrogen-bond acceptors (Lipinski definition) is 3. The van der Waals surface area contributed by atoms with Crippen LogP contribution in [0.1, 0.15) is 34.2 Å². The first-order valence-corrected chi connectivity index (χ1v) is 7.14. The molecule has 1 heterocycles. The van der Waals surface area contributed by atoms with Gasteiger partial charge in [0, 0.05) is 12.1 Å². The molecule has 4 nitrogen and oxygen atoms in total. The highest BCUT2D eigenvalue weighted by atomic mass is 79.9. The Hall–Kier alpha value is -1.59. The number of halogens is 1. The molecule has 106 valence electrons. The van der Waals surface area contributed by atoms with Crippen LogP contribution in [0.25, 0.3) is 0 Å². The maximum absolute atomic E-state index is 11.9. The van der Waals surface area contributed by atoms with Crippen molar-refractivity contribution in [3.63, 3.8) is 0 Å². The van der Waals surface area contributed by atoms with E-state index >= 15 is 0 Å². The monoisotopic (exact) mass is 337 g/mol. The van der Waals surface area contributed by atoms with E-state index in [1.165, 1.54) is 0 Å². The molecule has 20 heavy (non-hydrogen) atoms. The van der Waals surface area contributed by atoms with Crippen LogP contribution in [0.3, 0.4) is 0 Å². The second kappa shape index (κ2) is 6.72. The number of furan rings is 1. The highest BCUT2D eigenvalue weighted by molar-refractivity contribution is 9.10. The molecule has 0 saturated heterocycles. The number of amides is 1. The van der Waals surface area contributed by atoms with Gasteiger partial charge in [0.25, 0.3) is 5.91 Å². The zero-order valence-electron chi connectivity index (χ0n) is 11.1. The van der Waals surface area contributed by atoms with Crippen LogP contribution in [0.4, 0.5) is 0 Å². The van der Waals surface area contributed by atoms with Crippen LogP contribution < -0.4 is 5.32 Å². The van der Waals surface area contributed by atoms with Crippen molar-refractivity contribution in [2.45, 2.75) is 19.4 Å². The fourth-order valence-electron chi connectivity index (χ4n) is 1.91. The molecule has 1 atom stereocenters. The maximum atomic E-state index is 11.9. The molecule has 2 rings (SSSR count). The minimum atomic E-state index is -0.582. The summed E-state index contributed by atoms with van der Waals surface area (Å²) in [4.78, 5) is 11.9. The first-order chi connectivity index (χ1) is 9.58. The molecule has 2 aromatic rings. The lowest BCUT2D eigenvalue weighted by Crippen LogP contribution is -2.25. The fraction of sp³-hybridized carbons (Fsp3) is 0.267. The van der Waals surface area contributed by atoms with Crippen molar-refractivity contribution < 1.29 is 14.3 Å². The van der Waals surface area contributed by atoms with E-state index in [0.29, 0.717) is 23.4 Å². The van der Waals surface area contributed by atoms with Gasteiger partial charge in [0.2, 0.25) is 0 Å². The average Bonchev–Trinajstić information content (AvgIpc) is 2.78. The van der Waals surface area contributed by atoms with E-state index in [9.17, 15) is 9.90 Å². The van der Waals surface area contributed by atoms with Gasteiger partial charge in [-0.3, -0.25) is 4.79 Å². The first kappa shape index (κ1) is 14.8. The van der Waals surface area contributed by atoms with E-state index in [4.69, 9.17) is 4.42 Å². The van der Waals surface area contributed by atoms with E-state index < -0.39 is 6.10 Å². The topological polar surface area (TPSA) is 62.5 Å². The Bertz CT molecular complexity index is 580.